The Morgan fingerprint density at radius 3 is 0.500 bits per heavy atom. The van der Waals surface area contributed by atoms with Crippen LogP contribution in [0.2, 0.25) is 0 Å². The highest BCUT2D eigenvalue weighted by Crippen LogP contribution is 2.00. The van der Waals surface area contributed by atoms with Gasteiger partial charge in [0.2, 0.25) is 0 Å². The molecule has 0 aromatic rings. The molecule has 218 valence electrons. The minimum absolute atomic E-state index is 0.252. The van der Waals surface area contributed by atoms with Gasteiger partial charge in [-0.1, -0.05) is 0 Å². The highest BCUT2D eigenvalue weighted by atomic mass is 16.5. The monoisotopic (exact) mass is 522 g/mol. The molecule has 0 rings (SSSR count). The maximum Gasteiger partial charge on any atom is 0.0466 e. The van der Waals surface area contributed by atoms with E-state index in [0.29, 0.717) is 0 Å². The van der Waals surface area contributed by atoms with Crippen LogP contribution in [0.1, 0.15) is 89.9 Å². The predicted molar refractivity (Wildman–Crippen MR) is 144 cm³/mol. The van der Waals surface area contributed by atoms with Crippen LogP contribution in [-0.2, 0) is 28.4 Å². The SMILES string of the molecule is OCCCCOCCCCOCCCCOCCCCOCCCCOCCCCOCCCCO. The zero-order chi connectivity index (χ0) is 26.0. The van der Waals surface area contributed by atoms with Crippen molar-refractivity contribution < 1.29 is 38.6 Å². The Hall–Kier alpha value is -0.320. The van der Waals surface area contributed by atoms with E-state index in [2.05, 4.69) is 0 Å². The van der Waals surface area contributed by atoms with Crippen molar-refractivity contribution in [3.8, 4) is 0 Å². The molecule has 8 nitrogen and oxygen atoms in total. The van der Waals surface area contributed by atoms with Gasteiger partial charge in [0.15, 0.2) is 0 Å². The average molecular weight is 523 g/mol. The Morgan fingerprint density at radius 1 is 0.222 bits per heavy atom. The van der Waals surface area contributed by atoms with E-state index in [1.807, 2.05) is 0 Å². The molecule has 2 N–H and O–H groups in total. The molecular formula is C28H58O8. The van der Waals surface area contributed by atoms with Crippen molar-refractivity contribution in [3.05, 3.63) is 0 Å². The molecule has 0 aliphatic heterocycles. The molecule has 0 amide bonds. The number of hydrogen-bond donors (Lipinski definition) is 2. The summed E-state index contributed by atoms with van der Waals surface area (Å²) < 4.78 is 33.6. The summed E-state index contributed by atoms with van der Waals surface area (Å²) in [6.45, 7) is 10.0. The fourth-order valence-electron chi connectivity index (χ4n) is 3.29. The highest BCUT2D eigenvalue weighted by molar-refractivity contribution is 4.45. The Bertz CT molecular complexity index is 339. The van der Waals surface area contributed by atoms with Crippen molar-refractivity contribution in [2.75, 3.05) is 92.5 Å². The number of unbranched alkanes of at least 4 members (excludes halogenated alkanes) is 7. The summed E-state index contributed by atoms with van der Waals surface area (Å²) >= 11 is 0. The van der Waals surface area contributed by atoms with Crippen molar-refractivity contribution in [1.29, 1.82) is 0 Å². The van der Waals surface area contributed by atoms with Crippen LogP contribution in [0.5, 0.6) is 0 Å². The van der Waals surface area contributed by atoms with Gasteiger partial charge in [-0.05, 0) is 89.9 Å². The lowest BCUT2D eigenvalue weighted by Crippen LogP contribution is -2.04. The van der Waals surface area contributed by atoms with Crippen LogP contribution in [0.3, 0.4) is 0 Å². The quantitative estimate of drug-likeness (QED) is 0.121. The fourth-order valence-corrected chi connectivity index (χ4v) is 3.29. The predicted octanol–water partition coefficient (Wildman–Crippen LogP) is 4.53. The van der Waals surface area contributed by atoms with Crippen LogP contribution in [0.25, 0.3) is 0 Å². The van der Waals surface area contributed by atoms with Crippen molar-refractivity contribution in [2.24, 2.45) is 0 Å². The van der Waals surface area contributed by atoms with Crippen LogP contribution in [-0.4, -0.2) is 103 Å². The molecule has 0 spiro atoms. The van der Waals surface area contributed by atoms with Crippen molar-refractivity contribution >= 4 is 0 Å². The second kappa shape index (κ2) is 34.7. The molecule has 0 fully saturated rings. The molecule has 0 saturated heterocycles. The lowest BCUT2D eigenvalue weighted by molar-refractivity contribution is 0.0794. The maximum absolute atomic E-state index is 8.69. The molecule has 0 radical (unpaired) electrons. The van der Waals surface area contributed by atoms with Crippen molar-refractivity contribution in [2.45, 2.75) is 89.9 Å². The first kappa shape index (κ1) is 35.7. The average Bonchev–Trinajstić information content (AvgIpc) is 2.89. The lowest BCUT2D eigenvalue weighted by atomic mass is 10.3. The number of rotatable bonds is 33. The molecule has 0 aliphatic carbocycles. The molecule has 0 heterocycles. The molecular weight excluding hydrogens is 464 g/mol. The van der Waals surface area contributed by atoms with E-state index in [4.69, 9.17) is 38.6 Å². The van der Waals surface area contributed by atoms with Crippen molar-refractivity contribution in [3.63, 3.8) is 0 Å². The molecule has 0 unspecified atom stereocenters. The Labute approximate surface area is 221 Å². The van der Waals surface area contributed by atoms with E-state index in [1.54, 1.807) is 0 Å². The van der Waals surface area contributed by atoms with Gasteiger partial charge in [0, 0.05) is 92.5 Å². The molecule has 0 saturated carbocycles. The summed E-state index contributed by atoms with van der Waals surface area (Å²) in [5, 5.41) is 17.4. The molecule has 0 aliphatic rings. The second-order valence-electron chi connectivity index (χ2n) is 9.07. The third-order valence-corrected chi connectivity index (χ3v) is 5.53. The Balaban J connectivity index is 3.00. The minimum Gasteiger partial charge on any atom is -0.396 e. The molecule has 0 atom stereocenters. The Kier molecular flexibility index (Phi) is 34.4. The smallest absolute Gasteiger partial charge is 0.0466 e. The lowest BCUT2D eigenvalue weighted by Gasteiger charge is -2.07. The summed E-state index contributed by atoms with van der Waals surface area (Å²) in [7, 11) is 0. The third-order valence-electron chi connectivity index (χ3n) is 5.53. The number of hydrogen-bond acceptors (Lipinski definition) is 8. The van der Waals surface area contributed by atoms with E-state index in [0.717, 1.165) is 169 Å². The summed E-state index contributed by atoms with van der Waals surface area (Å²) in [4.78, 5) is 0. The van der Waals surface area contributed by atoms with Crippen LogP contribution >= 0.6 is 0 Å². The van der Waals surface area contributed by atoms with E-state index >= 15 is 0 Å². The topological polar surface area (TPSA) is 95.8 Å². The van der Waals surface area contributed by atoms with Gasteiger partial charge in [-0.2, -0.15) is 0 Å². The normalized spacial score (nSPS) is 11.5. The summed E-state index contributed by atoms with van der Waals surface area (Å²) in [5.74, 6) is 0. The first-order chi connectivity index (χ1) is 17.9. The zero-order valence-electron chi connectivity index (χ0n) is 23.1. The van der Waals surface area contributed by atoms with Gasteiger partial charge in [0.05, 0.1) is 0 Å². The maximum atomic E-state index is 8.69. The van der Waals surface area contributed by atoms with Gasteiger partial charge in [0.1, 0.15) is 0 Å². The van der Waals surface area contributed by atoms with E-state index in [1.165, 1.54) is 0 Å². The highest BCUT2D eigenvalue weighted by Gasteiger charge is 1.96. The number of aliphatic hydroxyl groups excluding tert-OH is 2. The van der Waals surface area contributed by atoms with Crippen molar-refractivity contribution in [1.82, 2.24) is 0 Å². The zero-order valence-corrected chi connectivity index (χ0v) is 23.1. The molecule has 36 heavy (non-hydrogen) atoms. The Morgan fingerprint density at radius 2 is 0.361 bits per heavy atom. The minimum atomic E-state index is 0.252. The standard InChI is InChI=1S/C28H58O8/c29-15-1-3-17-31-19-5-7-21-33-23-9-11-25-35-27-13-14-28-36-26-12-10-24-34-22-8-6-20-32-18-4-2-16-30/h29-30H,1-28H2. The van der Waals surface area contributed by atoms with Crippen LogP contribution in [0, 0.1) is 0 Å². The van der Waals surface area contributed by atoms with Gasteiger partial charge in [-0.15, -0.1) is 0 Å². The van der Waals surface area contributed by atoms with E-state index < -0.39 is 0 Å². The van der Waals surface area contributed by atoms with Crippen LogP contribution in [0.4, 0.5) is 0 Å². The number of aliphatic hydroxyl groups is 2. The van der Waals surface area contributed by atoms with Gasteiger partial charge in [-0.25, -0.2) is 0 Å². The van der Waals surface area contributed by atoms with Gasteiger partial charge in [-0.3, -0.25) is 0 Å². The van der Waals surface area contributed by atoms with E-state index in [9.17, 15) is 0 Å². The summed E-state index contributed by atoms with van der Waals surface area (Å²) in [5.41, 5.74) is 0. The third kappa shape index (κ3) is 33.7. The number of ether oxygens (including phenoxy) is 6. The molecule has 0 aromatic heterocycles. The first-order valence-corrected chi connectivity index (χ1v) is 14.6. The van der Waals surface area contributed by atoms with E-state index in [-0.39, 0.29) is 13.2 Å². The van der Waals surface area contributed by atoms with Gasteiger partial charge >= 0.3 is 0 Å². The first-order valence-electron chi connectivity index (χ1n) is 14.6. The molecule has 8 heteroatoms. The van der Waals surface area contributed by atoms with Gasteiger partial charge in [0.25, 0.3) is 0 Å². The second-order valence-corrected chi connectivity index (χ2v) is 9.07. The molecule has 0 aromatic carbocycles. The summed E-state index contributed by atoms with van der Waals surface area (Å²) in [6.07, 6.45) is 14.0. The summed E-state index contributed by atoms with van der Waals surface area (Å²) in [6, 6.07) is 0. The fraction of sp³-hybridized carbons (Fsp3) is 1.00. The van der Waals surface area contributed by atoms with Gasteiger partial charge < -0.3 is 38.6 Å². The largest absolute Gasteiger partial charge is 0.396 e. The van der Waals surface area contributed by atoms with Crippen LogP contribution < -0.4 is 0 Å². The molecule has 0 bridgehead atoms. The van der Waals surface area contributed by atoms with Crippen LogP contribution in [0.15, 0.2) is 0 Å².